The lowest BCUT2D eigenvalue weighted by Crippen LogP contribution is -2.41. The largest absolute Gasteiger partial charge is 0.385 e. The summed E-state index contributed by atoms with van der Waals surface area (Å²) in [5.41, 5.74) is 1.70. The van der Waals surface area contributed by atoms with Crippen molar-refractivity contribution in [2.45, 2.75) is 25.6 Å². The van der Waals surface area contributed by atoms with Crippen LogP contribution in [0.3, 0.4) is 0 Å². The summed E-state index contributed by atoms with van der Waals surface area (Å²) < 4.78 is 37.3. The predicted molar refractivity (Wildman–Crippen MR) is 111 cm³/mol. The molecule has 1 aliphatic rings. The Bertz CT molecular complexity index is 718. The molecule has 1 saturated heterocycles. The first-order valence-electron chi connectivity index (χ1n) is 9.70. The highest BCUT2D eigenvalue weighted by molar-refractivity contribution is 7.88. The maximum absolute atomic E-state index is 12.7. The Kier molecular flexibility index (Phi) is 9.69. The van der Waals surface area contributed by atoms with E-state index in [1.165, 1.54) is 4.31 Å². The van der Waals surface area contributed by atoms with Crippen LogP contribution in [-0.2, 0) is 31.8 Å². The van der Waals surface area contributed by atoms with E-state index >= 15 is 0 Å². The van der Waals surface area contributed by atoms with Crippen LogP contribution in [0.1, 0.15) is 24.5 Å². The molecule has 158 valence electrons. The summed E-state index contributed by atoms with van der Waals surface area (Å²) in [5, 5.41) is 6.47. The Labute approximate surface area is 168 Å². The number of nitrogens with one attached hydrogen (secondary N) is 2. The highest BCUT2D eigenvalue weighted by Gasteiger charge is 2.25. The van der Waals surface area contributed by atoms with Crippen LogP contribution in [0.4, 0.5) is 0 Å². The normalized spacial score (nSPS) is 16.1. The fourth-order valence-electron chi connectivity index (χ4n) is 2.89. The third-order valence-electron chi connectivity index (χ3n) is 4.39. The second-order valence-corrected chi connectivity index (χ2v) is 8.47. The quantitative estimate of drug-likeness (QED) is 0.338. The van der Waals surface area contributed by atoms with E-state index in [1.807, 2.05) is 31.2 Å². The molecule has 0 amide bonds. The molecule has 0 unspecified atom stereocenters. The molecule has 1 heterocycles. The molecule has 0 bridgehead atoms. The zero-order valence-corrected chi connectivity index (χ0v) is 17.6. The van der Waals surface area contributed by atoms with Crippen LogP contribution in [0.25, 0.3) is 0 Å². The van der Waals surface area contributed by atoms with Crippen molar-refractivity contribution >= 4 is 16.0 Å². The third-order valence-corrected chi connectivity index (χ3v) is 6.22. The molecule has 1 aliphatic heterocycles. The first-order chi connectivity index (χ1) is 13.6. The minimum absolute atomic E-state index is 0.0174. The molecule has 0 radical (unpaired) electrons. The maximum atomic E-state index is 12.7. The molecule has 0 aliphatic carbocycles. The predicted octanol–water partition coefficient (Wildman–Crippen LogP) is 0.940. The number of ether oxygens (including phenoxy) is 2. The van der Waals surface area contributed by atoms with Crippen LogP contribution < -0.4 is 10.6 Å². The SMILES string of the molecule is CCNC(=NCc1ccccc1CS(=O)(=O)N1CCOCC1)NCCCOC. The van der Waals surface area contributed by atoms with Gasteiger partial charge < -0.3 is 20.1 Å². The highest BCUT2D eigenvalue weighted by atomic mass is 32.2. The highest BCUT2D eigenvalue weighted by Crippen LogP contribution is 2.17. The number of rotatable bonds is 10. The van der Waals surface area contributed by atoms with Gasteiger partial charge in [-0.3, -0.25) is 0 Å². The third kappa shape index (κ3) is 7.38. The van der Waals surface area contributed by atoms with E-state index in [4.69, 9.17) is 9.47 Å². The number of sulfonamides is 1. The van der Waals surface area contributed by atoms with Gasteiger partial charge in [0.15, 0.2) is 5.96 Å². The molecule has 0 atom stereocenters. The van der Waals surface area contributed by atoms with Gasteiger partial charge in [-0.15, -0.1) is 0 Å². The smallest absolute Gasteiger partial charge is 0.218 e. The maximum Gasteiger partial charge on any atom is 0.218 e. The number of methoxy groups -OCH3 is 1. The number of nitrogens with zero attached hydrogens (tertiary/aromatic N) is 2. The van der Waals surface area contributed by atoms with Gasteiger partial charge in [0.25, 0.3) is 0 Å². The van der Waals surface area contributed by atoms with E-state index in [0.29, 0.717) is 45.4 Å². The van der Waals surface area contributed by atoms with Crippen molar-refractivity contribution in [2.24, 2.45) is 4.99 Å². The van der Waals surface area contributed by atoms with Crippen molar-refractivity contribution in [3.63, 3.8) is 0 Å². The standard InChI is InChI=1S/C19H32N4O4S/c1-3-20-19(21-9-6-12-26-2)22-15-17-7-4-5-8-18(17)16-28(24,25)23-10-13-27-14-11-23/h4-5,7-8H,3,6,9-16H2,1-2H3,(H2,20,21,22). The Morgan fingerprint density at radius 2 is 1.93 bits per heavy atom. The van der Waals surface area contributed by atoms with E-state index in [1.54, 1.807) is 7.11 Å². The Morgan fingerprint density at radius 3 is 2.61 bits per heavy atom. The minimum atomic E-state index is -3.37. The average molecular weight is 413 g/mol. The second-order valence-electron chi connectivity index (χ2n) is 6.50. The number of hydrogen-bond donors (Lipinski definition) is 2. The Balaban J connectivity index is 2.05. The molecule has 1 aromatic carbocycles. The number of benzene rings is 1. The Morgan fingerprint density at radius 1 is 1.21 bits per heavy atom. The number of guanidine groups is 1. The molecule has 8 nitrogen and oxygen atoms in total. The number of aliphatic imine (C=N–C) groups is 1. The molecule has 28 heavy (non-hydrogen) atoms. The molecule has 1 fully saturated rings. The lowest BCUT2D eigenvalue weighted by Gasteiger charge is -2.26. The summed E-state index contributed by atoms with van der Waals surface area (Å²) in [5.74, 6) is 0.695. The van der Waals surface area contributed by atoms with E-state index in [9.17, 15) is 8.42 Å². The first kappa shape index (κ1) is 22.6. The van der Waals surface area contributed by atoms with E-state index < -0.39 is 10.0 Å². The van der Waals surface area contributed by atoms with Crippen LogP contribution >= 0.6 is 0 Å². The first-order valence-corrected chi connectivity index (χ1v) is 11.3. The molecule has 0 aromatic heterocycles. The second kappa shape index (κ2) is 12.0. The summed E-state index contributed by atoms with van der Waals surface area (Å²) in [6, 6.07) is 7.57. The van der Waals surface area contributed by atoms with Crippen molar-refractivity contribution < 1.29 is 17.9 Å². The zero-order chi connectivity index (χ0) is 20.2. The molecule has 0 spiro atoms. The van der Waals surface area contributed by atoms with Crippen molar-refractivity contribution in [2.75, 3.05) is 53.1 Å². The lowest BCUT2D eigenvalue weighted by molar-refractivity contribution is 0.0729. The molecular formula is C19H32N4O4S. The summed E-state index contributed by atoms with van der Waals surface area (Å²) in [7, 11) is -1.69. The summed E-state index contributed by atoms with van der Waals surface area (Å²) in [6.45, 7) is 6.35. The molecule has 0 saturated carbocycles. The van der Waals surface area contributed by atoms with Crippen molar-refractivity contribution in [1.82, 2.24) is 14.9 Å². The van der Waals surface area contributed by atoms with Crippen molar-refractivity contribution in [3.8, 4) is 0 Å². The van der Waals surface area contributed by atoms with Crippen molar-refractivity contribution in [1.29, 1.82) is 0 Å². The monoisotopic (exact) mass is 412 g/mol. The molecule has 1 aromatic rings. The van der Waals surface area contributed by atoms with Gasteiger partial charge in [0.2, 0.25) is 10.0 Å². The summed E-state index contributed by atoms with van der Waals surface area (Å²) >= 11 is 0. The molecular weight excluding hydrogens is 380 g/mol. The molecule has 2 rings (SSSR count). The zero-order valence-electron chi connectivity index (χ0n) is 16.8. The topological polar surface area (TPSA) is 92.3 Å². The Hall–Kier alpha value is -1.68. The van der Waals surface area contributed by atoms with Crippen LogP contribution in [0.5, 0.6) is 0 Å². The van der Waals surface area contributed by atoms with Crippen LogP contribution in [0, 0.1) is 0 Å². The number of morpholine rings is 1. The van der Waals surface area contributed by atoms with E-state index in [-0.39, 0.29) is 5.75 Å². The van der Waals surface area contributed by atoms with Gasteiger partial charge in [-0.2, -0.15) is 4.31 Å². The lowest BCUT2D eigenvalue weighted by atomic mass is 10.1. The van der Waals surface area contributed by atoms with Gasteiger partial charge in [0.1, 0.15) is 0 Å². The summed E-state index contributed by atoms with van der Waals surface area (Å²) in [4.78, 5) is 4.61. The fraction of sp³-hybridized carbons (Fsp3) is 0.632. The van der Waals surface area contributed by atoms with E-state index in [0.717, 1.165) is 30.6 Å². The fourth-order valence-corrected chi connectivity index (χ4v) is 4.46. The number of hydrogen-bond acceptors (Lipinski definition) is 5. The van der Waals surface area contributed by atoms with Gasteiger partial charge in [-0.25, -0.2) is 13.4 Å². The molecule has 9 heteroatoms. The van der Waals surface area contributed by atoms with Crippen LogP contribution in [0.2, 0.25) is 0 Å². The van der Waals surface area contributed by atoms with E-state index in [2.05, 4.69) is 15.6 Å². The van der Waals surface area contributed by atoms with Crippen LogP contribution in [0.15, 0.2) is 29.3 Å². The van der Waals surface area contributed by atoms with Gasteiger partial charge in [-0.05, 0) is 24.5 Å². The van der Waals surface area contributed by atoms with Gasteiger partial charge in [0, 0.05) is 39.9 Å². The van der Waals surface area contributed by atoms with Gasteiger partial charge >= 0.3 is 0 Å². The molecule has 2 N–H and O–H groups in total. The van der Waals surface area contributed by atoms with Crippen molar-refractivity contribution in [3.05, 3.63) is 35.4 Å². The summed E-state index contributed by atoms with van der Waals surface area (Å²) in [6.07, 6.45) is 0.884. The average Bonchev–Trinajstić information content (AvgIpc) is 2.70. The van der Waals surface area contributed by atoms with Crippen LogP contribution in [-0.4, -0.2) is 71.8 Å². The van der Waals surface area contributed by atoms with Gasteiger partial charge in [-0.1, -0.05) is 24.3 Å². The minimum Gasteiger partial charge on any atom is -0.385 e. The van der Waals surface area contributed by atoms with Gasteiger partial charge in [0.05, 0.1) is 25.5 Å².